The van der Waals surface area contributed by atoms with Crippen LogP contribution in [0.5, 0.6) is 5.75 Å². The third-order valence-corrected chi connectivity index (χ3v) is 4.98. The Hall–Kier alpha value is -3.27. The number of hydrogen-bond acceptors (Lipinski definition) is 3. The maximum absolute atomic E-state index is 13.3. The molecular formula is C23H22N2O2. The van der Waals surface area contributed by atoms with Gasteiger partial charge in [0.2, 0.25) is 0 Å². The number of fused-ring (bicyclic) bond motifs is 1. The fraction of sp³-hybridized carbons (Fsp3) is 0.174. The smallest absolute Gasteiger partial charge is 0.262 e. The van der Waals surface area contributed by atoms with Gasteiger partial charge in [-0.2, -0.15) is 0 Å². The van der Waals surface area contributed by atoms with Gasteiger partial charge >= 0.3 is 0 Å². The lowest BCUT2D eigenvalue weighted by molar-refractivity contribution is 0.0975. The molecule has 0 saturated heterocycles. The van der Waals surface area contributed by atoms with Crippen molar-refractivity contribution in [3.05, 3.63) is 89.5 Å². The number of carbonyl (C=O) groups is 1. The van der Waals surface area contributed by atoms with E-state index in [0.717, 1.165) is 29.1 Å². The van der Waals surface area contributed by atoms with Crippen molar-refractivity contribution in [3.63, 3.8) is 0 Å². The number of nitrogens with zero attached hydrogens (tertiary/aromatic N) is 1. The fourth-order valence-corrected chi connectivity index (χ4v) is 3.43. The standard InChI is InChI=1S/C23H22N2O2/c1-3-16-8-10-17(11-9-16)22-24-21-7-5-4-6-20(21)23(26)25(22)18-12-14-19(27-2)15-13-18/h4-15,22,24H,3H2,1-2H3. The molecule has 0 fully saturated rings. The first-order valence-electron chi connectivity index (χ1n) is 9.13. The van der Waals surface area contributed by atoms with E-state index in [1.54, 1.807) is 7.11 Å². The molecule has 1 aliphatic heterocycles. The molecule has 1 N–H and O–H groups in total. The second-order valence-corrected chi connectivity index (χ2v) is 6.56. The van der Waals surface area contributed by atoms with Gasteiger partial charge in [-0.25, -0.2) is 0 Å². The molecule has 1 heterocycles. The highest BCUT2D eigenvalue weighted by molar-refractivity contribution is 6.12. The SMILES string of the molecule is CCc1ccc(C2Nc3ccccc3C(=O)N2c2ccc(OC)cc2)cc1. The van der Waals surface area contributed by atoms with Gasteiger partial charge in [-0.1, -0.05) is 43.3 Å². The van der Waals surface area contributed by atoms with Crippen LogP contribution in [0.2, 0.25) is 0 Å². The third-order valence-electron chi connectivity index (χ3n) is 4.98. The first-order chi connectivity index (χ1) is 13.2. The van der Waals surface area contributed by atoms with Gasteiger partial charge in [-0.15, -0.1) is 0 Å². The summed E-state index contributed by atoms with van der Waals surface area (Å²) in [6, 6.07) is 23.6. The molecule has 0 radical (unpaired) electrons. The number of ether oxygens (including phenoxy) is 1. The van der Waals surface area contributed by atoms with Crippen LogP contribution in [0.3, 0.4) is 0 Å². The molecule has 0 aliphatic carbocycles. The molecule has 1 aliphatic rings. The molecule has 4 heteroatoms. The summed E-state index contributed by atoms with van der Waals surface area (Å²) in [7, 11) is 1.64. The molecule has 0 spiro atoms. The minimum Gasteiger partial charge on any atom is -0.497 e. The first-order valence-corrected chi connectivity index (χ1v) is 9.13. The van der Waals surface area contributed by atoms with E-state index in [2.05, 4.69) is 36.5 Å². The Bertz CT molecular complexity index is 949. The van der Waals surface area contributed by atoms with Crippen molar-refractivity contribution in [2.45, 2.75) is 19.5 Å². The van der Waals surface area contributed by atoms with Crippen molar-refractivity contribution in [1.29, 1.82) is 0 Å². The van der Waals surface area contributed by atoms with Crippen LogP contribution in [-0.2, 0) is 6.42 Å². The van der Waals surface area contributed by atoms with Crippen LogP contribution in [0, 0.1) is 0 Å². The summed E-state index contributed by atoms with van der Waals surface area (Å²) >= 11 is 0. The lowest BCUT2D eigenvalue weighted by Gasteiger charge is -2.38. The fourth-order valence-electron chi connectivity index (χ4n) is 3.43. The molecular weight excluding hydrogens is 336 g/mol. The van der Waals surface area contributed by atoms with E-state index in [1.807, 2.05) is 53.4 Å². The van der Waals surface area contributed by atoms with Crippen molar-refractivity contribution >= 4 is 17.3 Å². The average Bonchev–Trinajstić information content (AvgIpc) is 2.74. The predicted molar refractivity (Wildman–Crippen MR) is 108 cm³/mol. The maximum Gasteiger partial charge on any atom is 0.262 e. The molecule has 0 bridgehead atoms. The topological polar surface area (TPSA) is 41.6 Å². The van der Waals surface area contributed by atoms with Gasteiger partial charge in [-0.05, 0) is 53.9 Å². The van der Waals surface area contributed by atoms with E-state index >= 15 is 0 Å². The first kappa shape index (κ1) is 17.2. The van der Waals surface area contributed by atoms with Crippen molar-refractivity contribution in [2.75, 3.05) is 17.3 Å². The second-order valence-electron chi connectivity index (χ2n) is 6.56. The number of rotatable bonds is 4. The molecule has 3 aromatic rings. The summed E-state index contributed by atoms with van der Waals surface area (Å²) in [6.45, 7) is 2.14. The third kappa shape index (κ3) is 3.14. The highest BCUT2D eigenvalue weighted by Gasteiger charge is 2.33. The zero-order chi connectivity index (χ0) is 18.8. The van der Waals surface area contributed by atoms with Gasteiger partial charge in [0.05, 0.1) is 12.7 Å². The molecule has 4 nitrogen and oxygen atoms in total. The van der Waals surface area contributed by atoms with Crippen LogP contribution in [0.1, 0.15) is 34.6 Å². The molecule has 1 amide bonds. The summed E-state index contributed by atoms with van der Waals surface area (Å²) in [5.74, 6) is 0.750. The minimum atomic E-state index is -0.272. The Morgan fingerprint density at radius 2 is 1.67 bits per heavy atom. The maximum atomic E-state index is 13.3. The second kappa shape index (κ2) is 7.16. The number of carbonyl (C=O) groups excluding carboxylic acids is 1. The lowest BCUT2D eigenvalue weighted by atomic mass is 10.0. The van der Waals surface area contributed by atoms with Gasteiger partial charge in [0.1, 0.15) is 11.9 Å². The summed E-state index contributed by atoms with van der Waals surface area (Å²) in [5, 5.41) is 3.53. The Morgan fingerprint density at radius 3 is 2.33 bits per heavy atom. The van der Waals surface area contributed by atoms with E-state index in [-0.39, 0.29) is 12.1 Å². The van der Waals surface area contributed by atoms with E-state index in [4.69, 9.17) is 4.74 Å². The molecule has 0 aromatic heterocycles. The molecule has 1 unspecified atom stereocenters. The number of hydrogen-bond donors (Lipinski definition) is 1. The van der Waals surface area contributed by atoms with E-state index < -0.39 is 0 Å². The molecule has 0 saturated carbocycles. The zero-order valence-corrected chi connectivity index (χ0v) is 15.5. The quantitative estimate of drug-likeness (QED) is 0.711. The number of benzene rings is 3. The van der Waals surface area contributed by atoms with Crippen LogP contribution in [0.25, 0.3) is 0 Å². The van der Waals surface area contributed by atoms with Crippen LogP contribution < -0.4 is 15.0 Å². The Labute approximate surface area is 159 Å². The monoisotopic (exact) mass is 358 g/mol. The molecule has 136 valence electrons. The van der Waals surface area contributed by atoms with Gasteiger partial charge < -0.3 is 10.1 Å². The molecule has 27 heavy (non-hydrogen) atoms. The average molecular weight is 358 g/mol. The number of para-hydroxylation sites is 1. The van der Waals surface area contributed by atoms with Crippen LogP contribution >= 0.6 is 0 Å². The summed E-state index contributed by atoms with van der Waals surface area (Å²) < 4.78 is 5.26. The van der Waals surface area contributed by atoms with Crippen molar-refractivity contribution < 1.29 is 9.53 Å². The van der Waals surface area contributed by atoms with Gasteiger partial charge in [-0.3, -0.25) is 9.69 Å². The van der Waals surface area contributed by atoms with E-state index in [0.29, 0.717) is 5.56 Å². The Balaban J connectivity index is 1.80. The molecule has 3 aromatic carbocycles. The lowest BCUT2D eigenvalue weighted by Crippen LogP contribution is -2.43. The van der Waals surface area contributed by atoms with E-state index in [9.17, 15) is 4.79 Å². The van der Waals surface area contributed by atoms with Gasteiger partial charge in [0.25, 0.3) is 5.91 Å². The van der Waals surface area contributed by atoms with Crippen LogP contribution in [-0.4, -0.2) is 13.0 Å². The highest BCUT2D eigenvalue weighted by atomic mass is 16.5. The largest absolute Gasteiger partial charge is 0.497 e. The zero-order valence-electron chi connectivity index (χ0n) is 15.5. The predicted octanol–water partition coefficient (Wildman–Crippen LogP) is 5.03. The summed E-state index contributed by atoms with van der Waals surface area (Å²) in [5.41, 5.74) is 4.68. The molecule has 1 atom stereocenters. The number of nitrogens with one attached hydrogen (secondary N) is 1. The number of amides is 1. The van der Waals surface area contributed by atoms with Crippen molar-refractivity contribution in [3.8, 4) is 5.75 Å². The normalized spacial score (nSPS) is 15.9. The Kier molecular flexibility index (Phi) is 4.55. The van der Waals surface area contributed by atoms with Crippen LogP contribution in [0.15, 0.2) is 72.8 Å². The van der Waals surface area contributed by atoms with Gasteiger partial charge in [0, 0.05) is 11.4 Å². The highest BCUT2D eigenvalue weighted by Crippen LogP contribution is 2.37. The number of aryl methyl sites for hydroxylation is 1. The van der Waals surface area contributed by atoms with Gasteiger partial charge in [0.15, 0.2) is 0 Å². The number of anilines is 2. The summed E-state index contributed by atoms with van der Waals surface area (Å²) in [6.07, 6.45) is 0.717. The van der Waals surface area contributed by atoms with Crippen molar-refractivity contribution in [1.82, 2.24) is 0 Å². The number of methoxy groups -OCH3 is 1. The van der Waals surface area contributed by atoms with E-state index in [1.165, 1.54) is 5.56 Å². The summed E-state index contributed by atoms with van der Waals surface area (Å²) in [4.78, 5) is 15.1. The molecule has 4 rings (SSSR count). The van der Waals surface area contributed by atoms with Crippen molar-refractivity contribution in [2.24, 2.45) is 0 Å². The Morgan fingerprint density at radius 1 is 0.963 bits per heavy atom. The minimum absolute atomic E-state index is 0.0147. The van der Waals surface area contributed by atoms with Crippen LogP contribution in [0.4, 0.5) is 11.4 Å².